The summed E-state index contributed by atoms with van der Waals surface area (Å²) < 4.78 is 10.6. The van der Waals surface area contributed by atoms with E-state index < -0.39 is 23.7 Å². The lowest BCUT2D eigenvalue weighted by Gasteiger charge is -2.30. The highest BCUT2D eigenvalue weighted by Crippen LogP contribution is 2.38. The molecule has 174 valence electrons. The molecular formula is C25H29N3O5. The number of carbonyl (C=O) groups is 3. The SMILES string of the molecule is COc1ccc(C(=O)C2C(=O)C(=O)N(CCCN3CCOCC3)C2c2cccnc2)c(C)c1. The molecule has 1 aromatic heterocycles. The van der Waals surface area contributed by atoms with Gasteiger partial charge < -0.3 is 14.4 Å². The fourth-order valence-corrected chi connectivity index (χ4v) is 4.65. The van der Waals surface area contributed by atoms with Gasteiger partial charge in [0, 0.05) is 44.1 Å². The summed E-state index contributed by atoms with van der Waals surface area (Å²) in [7, 11) is 1.56. The third kappa shape index (κ3) is 4.82. The number of rotatable bonds is 8. The number of hydrogen-bond donors (Lipinski definition) is 0. The Morgan fingerprint density at radius 3 is 2.64 bits per heavy atom. The molecular weight excluding hydrogens is 422 g/mol. The van der Waals surface area contributed by atoms with E-state index in [2.05, 4.69) is 9.88 Å². The molecule has 3 heterocycles. The molecule has 0 aliphatic carbocycles. The van der Waals surface area contributed by atoms with E-state index in [1.807, 2.05) is 6.07 Å². The Morgan fingerprint density at radius 1 is 1.18 bits per heavy atom. The van der Waals surface area contributed by atoms with Gasteiger partial charge in [-0.15, -0.1) is 0 Å². The van der Waals surface area contributed by atoms with Crippen LogP contribution >= 0.6 is 0 Å². The van der Waals surface area contributed by atoms with Gasteiger partial charge in [0.1, 0.15) is 11.7 Å². The van der Waals surface area contributed by atoms with Crippen LogP contribution in [0.15, 0.2) is 42.7 Å². The standard InChI is InChI=1S/C25H29N3O5/c1-17-15-19(32-2)6-7-20(17)23(29)21-22(18-5-3-8-26-16-18)28(25(31)24(21)30)10-4-9-27-11-13-33-14-12-27/h3,5-8,15-16,21-22H,4,9-14H2,1-2H3. The van der Waals surface area contributed by atoms with Gasteiger partial charge in [-0.3, -0.25) is 24.3 Å². The lowest BCUT2D eigenvalue weighted by atomic mass is 9.85. The molecule has 0 radical (unpaired) electrons. The number of ketones is 2. The smallest absolute Gasteiger partial charge is 0.291 e. The van der Waals surface area contributed by atoms with Gasteiger partial charge >= 0.3 is 0 Å². The van der Waals surface area contributed by atoms with Gasteiger partial charge in [-0.1, -0.05) is 6.07 Å². The zero-order chi connectivity index (χ0) is 23.4. The van der Waals surface area contributed by atoms with E-state index in [4.69, 9.17) is 9.47 Å². The fraction of sp³-hybridized carbons (Fsp3) is 0.440. The number of morpholine rings is 1. The van der Waals surface area contributed by atoms with Crippen LogP contribution in [0.4, 0.5) is 0 Å². The van der Waals surface area contributed by atoms with Crippen LogP contribution in [0.2, 0.25) is 0 Å². The molecule has 0 saturated carbocycles. The van der Waals surface area contributed by atoms with Crippen LogP contribution in [-0.4, -0.2) is 78.8 Å². The number of carbonyl (C=O) groups excluding carboxylic acids is 3. The molecule has 8 heteroatoms. The molecule has 1 amide bonds. The number of aryl methyl sites for hydroxylation is 1. The van der Waals surface area contributed by atoms with Crippen molar-refractivity contribution in [1.29, 1.82) is 0 Å². The van der Waals surface area contributed by atoms with Crippen LogP contribution in [-0.2, 0) is 14.3 Å². The first kappa shape index (κ1) is 23.1. The summed E-state index contributed by atoms with van der Waals surface area (Å²) >= 11 is 0. The number of nitrogens with zero attached hydrogens (tertiary/aromatic N) is 3. The lowest BCUT2D eigenvalue weighted by molar-refractivity contribution is -0.140. The van der Waals surface area contributed by atoms with Crippen molar-refractivity contribution in [3.63, 3.8) is 0 Å². The summed E-state index contributed by atoms with van der Waals surface area (Å²) in [6.45, 7) is 6.13. The molecule has 2 atom stereocenters. The Balaban J connectivity index is 1.60. The highest BCUT2D eigenvalue weighted by Gasteiger charge is 2.51. The van der Waals surface area contributed by atoms with E-state index in [9.17, 15) is 14.4 Å². The Bertz CT molecular complexity index is 1020. The highest BCUT2D eigenvalue weighted by molar-refractivity contribution is 6.44. The van der Waals surface area contributed by atoms with Gasteiger partial charge in [-0.25, -0.2) is 0 Å². The van der Waals surface area contributed by atoms with Crippen molar-refractivity contribution >= 4 is 17.5 Å². The first-order valence-electron chi connectivity index (χ1n) is 11.2. The van der Waals surface area contributed by atoms with Crippen LogP contribution < -0.4 is 4.74 Å². The van der Waals surface area contributed by atoms with Gasteiger partial charge in [0.25, 0.3) is 5.91 Å². The zero-order valence-corrected chi connectivity index (χ0v) is 19.0. The Hall–Kier alpha value is -3.10. The maximum atomic E-state index is 13.6. The third-order valence-corrected chi connectivity index (χ3v) is 6.39. The molecule has 33 heavy (non-hydrogen) atoms. The topological polar surface area (TPSA) is 89.0 Å². The maximum absolute atomic E-state index is 13.6. The Kier molecular flexibility index (Phi) is 7.15. The first-order valence-corrected chi connectivity index (χ1v) is 11.2. The van der Waals surface area contributed by atoms with Crippen LogP contribution in [0.25, 0.3) is 0 Å². The number of methoxy groups -OCH3 is 1. The van der Waals surface area contributed by atoms with Gasteiger partial charge in [-0.05, 0) is 48.7 Å². The largest absolute Gasteiger partial charge is 0.497 e. The third-order valence-electron chi connectivity index (χ3n) is 6.39. The Morgan fingerprint density at radius 2 is 1.97 bits per heavy atom. The zero-order valence-electron chi connectivity index (χ0n) is 19.0. The second kappa shape index (κ2) is 10.2. The van der Waals surface area contributed by atoms with Crippen molar-refractivity contribution in [1.82, 2.24) is 14.8 Å². The van der Waals surface area contributed by atoms with Crippen LogP contribution in [0, 0.1) is 12.8 Å². The Labute approximate surface area is 193 Å². The van der Waals surface area contributed by atoms with Gasteiger partial charge in [-0.2, -0.15) is 0 Å². The number of pyridine rings is 1. The summed E-state index contributed by atoms with van der Waals surface area (Å²) in [5, 5.41) is 0. The predicted octanol–water partition coefficient (Wildman–Crippen LogP) is 2.07. The van der Waals surface area contributed by atoms with E-state index >= 15 is 0 Å². The second-order valence-electron chi connectivity index (χ2n) is 8.42. The number of aromatic nitrogens is 1. The van der Waals surface area contributed by atoms with E-state index in [-0.39, 0.29) is 5.78 Å². The van der Waals surface area contributed by atoms with Crippen molar-refractivity contribution in [2.45, 2.75) is 19.4 Å². The normalized spacial score (nSPS) is 21.5. The van der Waals surface area contributed by atoms with E-state index in [0.29, 0.717) is 48.6 Å². The quantitative estimate of drug-likeness (QED) is 0.345. The van der Waals surface area contributed by atoms with Crippen LogP contribution in [0.1, 0.15) is 33.9 Å². The average molecular weight is 452 g/mol. The lowest BCUT2D eigenvalue weighted by Crippen LogP contribution is -2.39. The summed E-state index contributed by atoms with van der Waals surface area (Å²) in [5.41, 5.74) is 1.81. The molecule has 8 nitrogen and oxygen atoms in total. The molecule has 0 spiro atoms. The van der Waals surface area contributed by atoms with Gasteiger partial charge in [0.15, 0.2) is 5.78 Å². The van der Waals surface area contributed by atoms with Gasteiger partial charge in [0.05, 0.1) is 26.4 Å². The van der Waals surface area contributed by atoms with Crippen molar-refractivity contribution in [3.8, 4) is 5.75 Å². The summed E-state index contributed by atoms with van der Waals surface area (Å²) in [6.07, 6.45) is 3.97. The number of Topliss-reactive ketones (excluding diaryl/α,β-unsaturated/α-hetero) is 2. The molecule has 0 N–H and O–H groups in total. The molecule has 2 fully saturated rings. The molecule has 2 saturated heterocycles. The molecule has 0 bridgehead atoms. The first-order chi connectivity index (χ1) is 16.0. The molecule has 4 rings (SSSR count). The molecule has 2 aliphatic rings. The van der Waals surface area contributed by atoms with E-state index in [0.717, 1.165) is 19.6 Å². The van der Waals surface area contributed by atoms with Crippen LogP contribution in [0.5, 0.6) is 5.75 Å². The molecule has 2 aromatic rings. The van der Waals surface area contributed by atoms with Crippen molar-refractivity contribution in [2.24, 2.45) is 5.92 Å². The number of hydrogen-bond acceptors (Lipinski definition) is 7. The van der Waals surface area contributed by atoms with Crippen molar-refractivity contribution in [2.75, 3.05) is 46.5 Å². The molecule has 2 unspecified atom stereocenters. The van der Waals surface area contributed by atoms with Crippen LogP contribution in [0.3, 0.4) is 0 Å². The number of ether oxygens (including phenoxy) is 2. The fourth-order valence-electron chi connectivity index (χ4n) is 4.65. The van der Waals surface area contributed by atoms with E-state index in [1.54, 1.807) is 55.6 Å². The highest BCUT2D eigenvalue weighted by atomic mass is 16.5. The van der Waals surface area contributed by atoms with E-state index in [1.165, 1.54) is 0 Å². The number of benzene rings is 1. The van der Waals surface area contributed by atoms with Gasteiger partial charge in [0.2, 0.25) is 5.78 Å². The average Bonchev–Trinajstić information content (AvgIpc) is 3.10. The summed E-state index contributed by atoms with van der Waals surface area (Å²) in [4.78, 5) is 47.8. The minimum Gasteiger partial charge on any atom is -0.497 e. The molecule has 2 aliphatic heterocycles. The predicted molar refractivity (Wildman–Crippen MR) is 121 cm³/mol. The number of likely N-dealkylation sites (tertiary alicyclic amines) is 1. The number of amides is 1. The second-order valence-corrected chi connectivity index (χ2v) is 8.42. The van der Waals surface area contributed by atoms with Crippen molar-refractivity contribution < 1.29 is 23.9 Å². The summed E-state index contributed by atoms with van der Waals surface area (Å²) in [6, 6.07) is 8.02. The summed E-state index contributed by atoms with van der Waals surface area (Å²) in [5.74, 6) is -2.08. The van der Waals surface area contributed by atoms with Crippen molar-refractivity contribution in [3.05, 3.63) is 59.4 Å². The monoisotopic (exact) mass is 451 g/mol. The molecule has 1 aromatic carbocycles. The minimum atomic E-state index is -1.10. The minimum absolute atomic E-state index is 0.349. The maximum Gasteiger partial charge on any atom is 0.291 e.